The van der Waals surface area contributed by atoms with Gasteiger partial charge in [0.25, 0.3) is 0 Å². The van der Waals surface area contributed by atoms with E-state index < -0.39 is 17.3 Å². The summed E-state index contributed by atoms with van der Waals surface area (Å²) in [5.74, 6) is -1.65. The molecule has 4 heteroatoms. The van der Waals surface area contributed by atoms with E-state index in [1.807, 2.05) is 0 Å². The summed E-state index contributed by atoms with van der Waals surface area (Å²) in [6, 6.07) is 0. The second-order valence-corrected chi connectivity index (χ2v) is 6.37. The summed E-state index contributed by atoms with van der Waals surface area (Å²) in [7, 11) is 0. The lowest BCUT2D eigenvalue weighted by Crippen LogP contribution is -2.43. The van der Waals surface area contributed by atoms with E-state index in [2.05, 4.69) is 5.32 Å². The van der Waals surface area contributed by atoms with Crippen molar-refractivity contribution in [1.82, 2.24) is 5.32 Å². The zero-order chi connectivity index (χ0) is 13.8. The molecule has 0 aliphatic heterocycles. The van der Waals surface area contributed by atoms with Gasteiger partial charge in [-0.2, -0.15) is 0 Å². The summed E-state index contributed by atoms with van der Waals surface area (Å²) < 4.78 is 0. The molecule has 1 unspecified atom stereocenters. The Kier molecular flexibility index (Phi) is 5.17. The third-order valence-corrected chi connectivity index (χ3v) is 3.70. The fraction of sp³-hybridized carbons (Fsp3) is 0.857. The summed E-state index contributed by atoms with van der Waals surface area (Å²) in [5, 5.41) is 11.9. The highest BCUT2D eigenvalue weighted by molar-refractivity contribution is 5.97. The minimum Gasteiger partial charge on any atom is -0.481 e. The number of carbonyl (C=O) groups excluding carboxylic acids is 1. The minimum atomic E-state index is -1.04. The van der Waals surface area contributed by atoms with E-state index in [4.69, 9.17) is 5.11 Å². The molecule has 0 spiro atoms. The van der Waals surface area contributed by atoms with Crippen LogP contribution in [-0.2, 0) is 9.59 Å². The van der Waals surface area contributed by atoms with E-state index in [0.29, 0.717) is 12.5 Å². The monoisotopic (exact) mass is 255 g/mol. The van der Waals surface area contributed by atoms with Crippen molar-refractivity contribution in [2.24, 2.45) is 17.3 Å². The standard InChI is InChI=1S/C14H25NO3/c1-14(2,3)11(13(17)18)12(16)15-9-8-10-6-4-5-7-10/h10-11H,4-9H2,1-3H3,(H,15,16)(H,17,18). The first-order valence-corrected chi connectivity index (χ1v) is 6.83. The Morgan fingerprint density at radius 1 is 1.28 bits per heavy atom. The van der Waals surface area contributed by atoms with Gasteiger partial charge in [0.1, 0.15) is 5.92 Å². The van der Waals surface area contributed by atoms with Crippen LogP contribution in [0.25, 0.3) is 0 Å². The van der Waals surface area contributed by atoms with Crippen LogP contribution in [0.2, 0.25) is 0 Å². The van der Waals surface area contributed by atoms with Gasteiger partial charge < -0.3 is 10.4 Å². The number of carbonyl (C=O) groups is 2. The summed E-state index contributed by atoms with van der Waals surface area (Å²) in [4.78, 5) is 23.1. The summed E-state index contributed by atoms with van der Waals surface area (Å²) in [6.45, 7) is 5.94. The molecule has 2 N–H and O–H groups in total. The maximum Gasteiger partial charge on any atom is 0.316 e. The van der Waals surface area contributed by atoms with E-state index in [0.717, 1.165) is 6.42 Å². The molecule has 0 aromatic heterocycles. The van der Waals surface area contributed by atoms with Crippen LogP contribution in [0.5, 0.6) is 0 Å². The molecule has 0 heterocycles. The van der Waals surface area contributed by atoms with Crippen molar-refractivity contribution in [3.05, 3.63) is 0 Å². The molecule has 0 saturated heterocycles. The molecule has 0 radical (unpaired) electrons. The van der Waals surface area contributed by atoms with Crippen molar-refractivity contribution in [3.63, 3.8) is 0 Å². The molecule has 1 saturated carbocycles. The van der Waals surface area contributed by atoms with Crippen LogP contribution in [0.1, 0.15) is 52.9 Å². The molecule has 1 amide bonds. The Morgan fingerprint density at radius 3 is 2.28 bits per heavy atom. The number of amides is 1. The highest BCUT2D eigenvalue weighted by Crippen LogP contribution is 2.28. The Morgan fingerprint density at radius 2 is 1.83 bits per heavy atom. The van der Waals surface area contributed by atoms with Crippen LogP contribution in [0.3, 0.4) is 0 Å². The predicted molar refractivity (Wildman–Crippen MR) is 70.2 cm³/mol. The molecule has 0 aromatic rings. The van der Waals surface area contributed by atoms with Crippen LogP contribution >= 0.6 is 0 Å². The lowest BCUT2D eigenvalue weighted by Gasteiger charge is -2.26. The predicted octanol–water partition coefficient (Wildman–Crippen LogP) is 2.43. The fourth-order valence-corrected chi connectivity index (χ4v) is 2.68. The lowest BCUT2D eigenvalue weighted by molar-refractivity contribution is -0.151. The van der Waals surface area contributed by atoms with Gasteiger partial charge in [-0.25, -0.2) is 0 Å². The highest BCUT2D eigenvalue weighted by Gasteiger charge is 2.37. The van der Waals surface area contributed by atoms with Gasteiger partial charge in [-0.3, -0.25) is 9.59 Å². The van der Waals surface area contributed by atoms with Crippen LogP contribution in [0, 0.1) is 17.3 Å². The molecule has 1 aliphatic carbocycles. The molecular formula is C14H25NO3. The van der Waals surface area contributed by atoms with Crippen molar-refractivity contribution in [1.29, 1.82) is 0 Å². The Bertz CT molecular complexity index is 301. The first-order chi connectivity index (χ1) is 8.32. The molecule has 0 aromatic carbocycles. The Balaban J connectivity index is 2.39. The van der Waals surface area contributed by atoms with Crippen molar-refractivity contribution in [3.8, 4) is 0 Å². The first kappa shape index (κ1) is 15.0. The average Bonchev–Trinajstić information content (AvgIpc) is 2.67. The Labute approximate surface area is 109 Å². The van der Waals surface area contributed by atoms with Gasteiger partial charge in [-0.05, 0) is 17.8 Å². The number of rotatable bonds is 5. The third kappa shape index (κ3) is 4.31. The second-order valence-electron chi connectivity index (χ2n) is 6.37. The topological polar surface area (TPSA) is 66.4 Å². The highest BCUT2D eigenvalue weighted by atomic mass is 16.4. The van der Waals surface area contributed by atoms with Crippen molar-refractivity contribution in [2.45, 2.75) is 52.9 Å². The molecule has 0 bridgehead atoms. The van der Waals surface area contributed by atoms with Crippen LogP contribution in [0.4, 0.5) is 0 Å². The molecule has 1 rings (SSSR count). The van der Waals surface area contributed by atoms with Crippen molar-refractivity contribution < 1.29 is 14.7 Å². The number of nitrogens with one attached hydrogen (secondary N) is 1. The summed E-state index contributed by atoms with van der Waals surface area (Å²) in [5.41, 5.74) is -0.552. The van der Waals surface area contributed by atoms with E-state index in [9.17, 15) is 9.59 Å². The second kappa shape index (κ2) is 6.21. The number of aliphatic carboxylic acids is 1. The first-order valence-electron chi connectivity index (χ1n) is 6.83. The Hall–Kier alpha value is -1.06. The van der Waals surface area contributed by atoms with Gasteiger partial charge in [0.15, 0.2) is 0 Å². The number of hydrogen-bond acceptors (Lipinski definition) is 2. The zero-order valence-electron chi connectivity index (χ0n) is 11.7. The number of carboxylic acids is 1. The molecule has 104 valence electrons. The number of carboxylic acid groups (broad SMARTS) is 1. The third-order valence-electron chi connectivity index (χ3n) is 3.70. The van der Waals surface area contributed by atoms with E-state index in [1.165, 1.54) is 25.7 Å². The van der Waals surface area contributed by atoms with Gasteiger partial charge >= 0.3 is 5.97 Å². The van der Waals surface area contributed by atoms with Gasteiger partial charge in [-0.1, -0.05) is 46.5 Å². The summed E-state index contributed by atoms with van der Waals surface area (Å²) >= 11 is 0. The van der Waals surface area contributed by atoms with Gasteiger partial charge in [0.2, 0.25) is 5.91 Å². The van der Waals surface area contributed by atoms with Crippen LogP contribution in [-0.4, -0.2) is 23.5 Å². The maximum atomic E-state index is 11.9. The molecule has 1 aliphatic rings. The molecule has 1 atom stereocenters. The van der Waals surface area contributed by atoms with E-state index in [1.54, 1.807) is 20.8 Å². The van der Waals surface area contributed by atoms with Gasteiger partial charge in [-0.15, -0.1) is 0 Å². The molecule has 1 fully saturated rings. The van der Waals surface area contributed by atoms with Crippen molar-refractivity contribution in [2.75, 3.05) is 6.54 Å². The van der Waals surface area contributed by atoms with Gasteiger partial charge in [0, 0.05) is 6.54 Å². The summed E-state index contributed by atoms with van der Waals surface area (Å²) in [6.07, 6.45) is 6.05. The normalized spacial score (nSPS) is 18.6. The average molecular weight is 255 g/mol. The quantitative estimate of drug-likeness (QED) is 0.741. The van der Waals surface area contributed by atoms with Crippen LogP contribution in [0.15, 0.2) is 0 Å². The van der Waals surface area contributed by atoms with Crippen molar-refractivity contribution >= 4 is 11.9 Å². The SMILES string of the molecule is CC(C)(C)C(C(=O)O)C(=O)NCCC1CCCC1. The fourth-order valence-electron chi connectivity index (χ4n) is 2.68. The molecular weight excluding hydrogens is 230 g/mol. The number of hydrogen-bond donors (Lipinski definition) is 2. The largest absolute Gasteiger partial charge is 0.481 e. The smallest absolute Gasteiger partial charge is 0.316 e. The minimum absolute atomic E-state index is 0.354. The lowest BCUT2D eigenvalue weighted by atomic mass is 9.80. The molecule has 18 heavy (non-hydrogen) atoms. The van der Waals surface area contributed by atoms with E-state index >= 15 is 0 Å². The molecule has 4 nitrogen and oxygen atoms in total. The van der Waals surface area contributed by atoms with Gasteiger partial charge in [0.05, 0.1) is 0 Å². The zero-order valence-corrected chi connectivity index (χ0v) is 11.7. The maximum absolute atomic E-state index is 11.9. The van der Waals surface area contributed by atoms with E-state index in [-0.39, 0.29) is 5.91 Å². The van der Waals surface area contributed by atoms with Crippen LogP contribution < -0.4 is 5.32 Å².